The highest BCUT2D eigenvalue weighted by Crippen LogP contribution is 2.33. The molecule has 0 heterocycles. The van der Waals surface area contributed by atoms with Crippen molar-refractivity contribution in [1.82, 2.24) is 0 Å². The molecule has 0 nitrogen and oxygen atoms in total. The Balaban J connectivity index is 2.30. The van der Waals surface area contributed by atoms with Crippen molar-refractivity contribution in [1.29, 1.82) is 0 Å². The second kappa shape index (κ2) is 7.07. The maximum Gasteiger partial charge on any atom is 0.0480 e. The molecule has 0 N–H and O–H groups in total. The van der Waals surface area contributed by atoms with Gasteiger partial charge in [-0.05, 0) is 43.2 Å². The monoisotopic (exact) mass is 294 g/mol. The maximum absolute atomic E-state index is 2.52. The summed E-state index contributed by atoms with van der Waals surface area (Å²) >= 11 is 0. The van der Waals surface area contributed by atoms with E-state index in [4.69, 9.17) is 0 Å². The van der Waals surface area contributed by atoms with Gasteiger partial charge >= 0.3 is 0 Å². The average molecular weight is 295 g/mol. The number of hydrogen-bond donors (Lipinski definition) is 0. The SMILES string of the molecule is C[Si](C)(C)C/C=C/[C@@H]1CC[C@H](/C=C/C[Si](C)(C)C)C1. The Kier molecular flexibility index (Phi) is 6.32. The Bertz CT molecular complexity index is 283. The van der Waals surface area contributed by atoms with Crippen LogP contribution < -0.4 is 0 Å². The van der Waals surface area contributed by atoms with Gasteiger partial charge in [-0.15, -0.1) is 0 Å². The molecular formula is C17H34Si2. The molecule has 0 spiro atoms. The van der Waals surface area contributed by atoms with Gasteiger partial charge in [-0.2, -0.15) is 0 Å². The summed E-state index contributed by atoms with van der Waals surface area (Å²) in [6.07, 6.45) is 14.2. The van der Waals surface area contributed by atoms with Gasteiger partial charge in [-0.25, -0.2) is 0 Å². The molecule has 0 radical (unpaired) electrons. The fourth-order valence-electron chi connectivity index (χ4n) is 2.63. The van der Waals surface area contributed by atoms with Crippen LogP contribution in [0.4, 0.5) is 0 Å². The summed E-state index contributed by atoms with van der Waals surface area (Å²) < 4.78 is 0. The summed E-state index contributed by atoms with van der Waals surface area (Å²) in [6, 6.07) is 2.69. The molecule has 2 heteroatoms. The van der Waals surface area contributed by atoms with Crippen LogP contribution in [0.25, 0.3) is 0 Å². The zero-order valence-electron chi connectivity index (χ0n) is 14.0. The smallest absolute Gasteiger partial charge is 0.0480 e. The van der Waals surface area contributed by atoms with E-state index in [0.29, 0.717) is 0 Å². The van der Waals surface area contributed by atoms with Gasteiger partial charge in [0.2, 0.25) is 0 Å². The van der Waals surface area contributed by atoms with Gasteiger partial charge in [0.15, 0.2) is 0 Å². The summed E-state index contributed by atoms with van der Waals surface area (Å²) in [7, 11) is -1.77. The molecule has 0 bridgehead atoms. The molecule has 1 aliphatic rings. The molecule has 0 aromatic heterocycles. The summed E-state index contributed by atoms with van der Waals surface area (Å²) in [5, 5.41) is 0. The summed E-state index contributed by atoms with van der Waals surface area (Å²) in [5.74, 6) is 1.72. The van der Waals surface area contributed by atoms with Crippen LogP contribution in [0.2, 0.25) is 51.4 Å². The molecule has 0 amide bonds. The Morgan fingerprint density at radius 3 is 1.42 bits per heavy atom. The first-order valence-corrected chi connectivity index (χ1v) is 15.4. The predicted molar refractivity (Wildman–Crippen MR) is 95.4 cm³/mol. The molecule has 0 saturated heterocycles. The van der Waals surface area contributed by atoms with E-state index in [0.717, 1.165) is 11.8 Å². The van der Waals surface area contributed by atoms with Gasteiger partial charge in [-0.1, -0.05) is 63.6 Å². The van der Waals surface area contributed by atoms with Gasteiger partial charge in [0, 0.05) is 16.1 Å². The summed E-state index contributed by atoms with van der Waals surface area (Å²) in [5.41, 5.74) is 0. The van der Waals surface area contributed by atoms with Crippen molar-refractivity contribution in [2.24, 2.45) is 11.8 Å². The summed E-state index contributed by atoms with van der Waals surface area (Å²) in [4.78, 5) is 0. The Morgan fingerprint density at radius 2 is 1.11 bits per heavy atom. The molecule has 0 unspecified atom stereocenters. The van der Waals surface area contributed by atoms with Gasteiger partial charge in [0.25, 0.3) is 0 Å². The second-order valence-electron chi connectivity index (χ2n) is 8.72. The average Bonchev–Trinajstić information content (AvgIpc) is 2.62. The predicted octanol–water partition coefficient (Wildman–Crippen LogP) is 6.19. The minimum Gasteiger partial charge on any atom is -0.0909 e. The highest BCUT2D eigenvalue weighted by atomic mass is 28.3. The van der Waals surface area contributed by atoms with Crippen molar-refractivity contribution in [3.63, 3.8) is 0 Å². The lowest BCUT2D eigenvalue weighted by atomic mass is 10.0. The Hall–Kier alpha value is -0.0862. The number of rotatable bonds is 6. The minimum atomic E-state index is -0.884. The molecular weight excluding hydrogens is 260 g/mol. The first kappa shape index (κ1) is 17.0. The highest BCUT2D eigenvalue weighted by molar-refractivity contribution is 6.76. The highest BCUT2D eigenvalue weighted by Gasteiger charge is 2.21. The zero-order valence-corrected chi connectivity index (χ0v) is 16.0. The largest absolute Gasteiger partial charge is 0.0909 e. The lowest BCUT2D eigenvalue weighted by molar-refractivity contribution is 0.638. The molecule has 1 aliphatic carbocycles. The second-order valence-corrected chi connectivity index (χ2v) is 19.8. The molecule has 2 atom stereocenters. The zero-order chi connectivity index (χ0) is 14.5. The van der Waals surface area contributed by atoms with Gasteiger partial charge in [0.1, 0.15) is 0 Å². The number of hydrogen-bond acceptors (Lipinski definition) is 0. The topological polar surface area (TPSA) is 0 Å². The minimum absolute atomic E-state index is 0.859. The Labute approximate surface area is 123 Å². The van der Waals surface area contributed by atoms with Gasteiger partial charge < -0.3 is 0 Å². The van der Waals surface area contributed by atoms with Crippen LogP contribution >= 0.6 is 0 Å². The third kappa shape index (κ3) is 8.64. The van der Waals surface area contributed by atoms with E-state index in [1.54, 1.807) is 0 Å². The molecule has 1 saturated carbocycles. The van der Waals surface area contributed by atoms with E-state index in [-0.39, 0.29) is 0 Å². The van der Waals surface area contributed by atoms with Crippen LogP contribution in [0.5, 0.6) is 0 Å². The fraction of sp³-hybridized carbons (Fsp3) is 0.765. The van der Waals surface area contributed by atoms with E-state index in [1.165, 1.54) is 31.4 Å². The number of allylic oxidation sites excluding steroid dienone is 4. The van der Waals surface area contributed by atoms with E-state index in [2.05, 4.69) is 63.6 Å². The Morgan fingerprint density at radius 1 is 0.737 bits per heavy atom. The molecule has 19 heavy (non-hydrogen) atoms. The van der Waals surface area contributed by atoms with Crippen molar-refractivity contribution in [2.45, 2.75) is 70.6 Å². The van der Waals surface area contributed by atoms with Crippen LogP contribution in [0, 0.1) is 11.8 Å². The summed E-state index contributed by atoms with van der Waals surface area (Å²) in [6.45, 7) is 14.7. The molecule has 0 aromatic rings. The van der Waals surface area contributed by atoms with E-state index < -0.39 is 16.1 Å². The van der Waals surface area contributed by atoms with Crippen LogP contribution in [0.15, 0.2) is 24.3 Å². The van der Waals surface area contributed by atoms with Crippen molar-refractivity contribution in [3.05, 3.63) is 24.3 Å². The third-order valence-corrected chi connectivity index (χ3v) is 6.71. The van der Waals surface area contributed by atoms with E-state index in [1.807, 2.05) is 0 Å². The van der Waals surface area contributed by atoms with E-state index in [9.17, 15) is 0 Å². The molecule has 0 aliphatic heterocycles. The standard InChI is InChI=1S/C17H34Si2/c1-18(2,3)13-7-9-16-11-12-17(15-16)10-8-14-19(4,5)6/h7-10,16-17H,11-15H2,1-6H3/b9-7+,10-8+/t16-,17+. The van der Waals surface area contributed by atoms with Crippen LogP contribution in [-0.4, -0.2) is 16.1 Å². The van der Waals surface area contributed by atoms with Crippen molar-refractivity contribution >= 4 is 16.1 Å². The van der Waals surface area contributed by atoms with Crippen LogP contribution in [0.1, 0.15) is 19.3 Å². The molecule has 1 fully saturated rings. The lowest BCUT2D eigenvalue weighted by Crippen LogP contribution is -2.17. The first-order chi connectivity index (χ1) is 8.66. The lowest BCUT2D eigenvalue weighted by Gasteiger charge is -2.13. The quantitative estimate of drug-likeness (QED) is 0.404. The van der Waals surface area contributed by atoms with Gasteiger partial charge in [0.05, 0.1) is 0 Å². The maximum atomic E-state index is 2.52. The van der Waals surface area contributed by atoms with Crippen molar-refractivity contribution in [3.8, 4) is 0 Å². The third-order valence-electron chi connectivity index (χ3n) is 3.79. The van der Waals surface area contributed by atoms with Crippen molar-refractivity contribution in [2.75, 3.05) is 0 Å². The molecule has 0 aromatic carbocycles. The van der Waals surface area contributed by atoms with Crippen molar-refractivity contribution < 1.29 is 0 Å². The first-order valence-electron chi connectivity index (χ1n) is 7.99. The van der Waals surface area contributed by atoms with Crippen LogP contribution in [-0.2, 0) is 0 Å². The van der Waals surface area contributed by atoms with E-state index >= 15 is 0 Å². The normalized spacial score (nSPS) is 25.8. The molecule has 110 valence electrons. The van der Waals surface area contributed by atoms with Crippen LogP contribution in [0.3, 0.4) is 0 Å². The molecule has 1 rings (SSSR count). The van der Waals surface area contributed by atoms with Gasteiger partial charge in [-0.3, -0.25) is 0 Å². The fourth-order valence-corrected chi connectivity index (χ4v) is 4.32.